The van der Waals surface area contributed by atoms with Gasteiger partial charge in [0.05, 0.1) is 17.6 Å². The maximum atomic E-state index is 14.0. The fraction of sp³-hybridized carbons (Fsp3) is 0.200. The number of ether oxygens (including phenoxy) is 1. The van der Waals surface area contributed by atoms with Crippen molar-refractivity contribution >= 4 is 15.9 Å². The van der Waals surface area contributed by atoms with Crippen LogP contribution in [0.15, 0.2) is 34.8 Å². The van der Waals surface area contributed by atoms with E-state index in [2.05, 4.69) is 21.2 Å². The van der Waals surface area contributed by atoms with Gasteiger partial charge in [-0.15, -0.1) is 0 Å². The molecular weight excluding hydrogens is 347 g/mol. The lowest BCUT2D eigenvalue weighted by Gasteiger charge is -2.21. The van der Waals surface area contributed by atoms with Crippen molar-refractivity contribution < 1.29 is 17.9 Å². The van der Waals surface area contributed by atoms with Crippen LogP contribution in [-0.4, -0.2) is 14.2 Å². The van der Waals surface area contributed by atoms with E-state index in [1.54, 1.807) is 7.05 Å². The van der Waals surface area contributed by atoms with Gasteiger partial charge in [-0.25, -0.2) is 13.2 Å². The molecule has 1 N–H and O–H groups in total. The molecule has 1 unspecified atom stereocenters. The highest BCUT2D eigenvalue weighted by Gasteiger charge is 2.23. The topological polar surface area (TPSA) is 21.3 Å². The van der Waals surface area contributed by atoms with Gasteiger partial charge in [-0.3, -0.25) is 0 Å². The molecule has 2 rings (SSSR count). The van der Waals surface area contributed by atoms with Crippen LogP contribution in [-0.2, 0) is 0 Å². The van der Waals surface area contributed by atoms with E-state index in [4.69, 9.17) is 4.74 Å². The molecule has 0 spiro atoms. The summed E-state index contributed by atoms with van der Waals surface area (Å²) < 4.78 is 46.3. The van der Waals surface area contributed by atoms with Crippen molar-refractivity contribution in [2.75, 3.05) is 14.2 Å². The Balaban J connectivity index is 2.61. The third-order valence-electron chi connectivity index (χ3n) is 3.16. The molecule has 0 aliphatic heterocycles. The minimum Gasteiger partial charge on any atom is -0.496 e. The number of nitrogens with one attached hydrogen (secondary N) is 1. The highest BCUT2D eigenvalue weighted by Crippen LogP contribution is 2.35. The molecule has 21 heavy (non-hydrogen) atoms. The Kier molecular flexibility index (Phi) is 4.90. The third kappa shape index (κ3) is 3.06. The first-order valence-corrected chi connectivity index (χ1v) is 6.93. The van der Waals surface area contributed by atoms with Crippen LogP contribution in [0.3, 0.4) is 0 Å². The molecule has 6 heteroatoms. The monoisotopic (exact) mass is 359 g/mol. The average Bonchev–Trinajstić information content (AvgIpc) is 2.47. The molecule has 0 heterocycles. The van der Waals surface area contributed by atoms with Crippen molar-refractivity contribution in [1.29, 1.82) is 0 Å². The van der Waals surface area contributed by atoms with E-state index < -0.39 is 23.5 Å². The molecular formula is C15H13BrF3NO. The van der Waals surface area contributed by atoms with Crippen LogP contribution in [0, 0.1) is 17.5 Å². The Hall–Kier alpha value is -1.53. The fourth-order valence-corrected chi connectivity index (χ4v) is 2.53. The molecule has 2 aromatic rings. The molecule has 0 aliphatic rings. The van der Waals surface area contributed by atoms with Gasteiger partial charge in [0.2, 0.25) is 0 Å². The second kappa shape index (κ2) is 6.49. The van der Waals surface area contributed by atoms with Crippen molar-refractivity contribution in [3.63, 3.8) is 0 Å². The molecule has 0 saturated carbocycles. The zero-order valence-electron chi connectivity index (χ0n) is 11.4. The summed E-state index contributed by atoms with van der Waals surface area (Å²) in [5.41, 5.74) is 0.618. The van der Waals surface area contributed by atoms with E-state index in [0.29, 0.717) is 5.56 Å². The molecule has 112 valence electrons. The third-order valence-corrected chi connectivity index (χ3v) is 3.77. The van der Waals surface area contributed by atoms with Gasteiger partial charge < -0.3 is 10.1 Å². The Morgan fingerprint density at radius 3 is 2.43 bits per heavy atom. The van der Waals surface area contributed by atoms with E-state index in [9.17, 15) is 13.2 Å². The Bertz CT molecular complexity index is 664. The van der Waals surface area contributed by atoms with Gasteiger partial charge in [0.1, 0.15) is 11.6 Å². The van der Waals surface area contributed by atoms with Crippen LogP contribution in [0.2, 0.25) is 0 Å². The van der Waals surface area contributed by atoms with Crippen molar-refractivity contribution in [2.24, 2.45) is 0 Å². The predicted molar refractivity (Wildman–Crippen MR) is 77.9 cm³/mol. The highest BCUT2D eigenvalue weighted by atomic mass is 79.9. The summed E-state index contributed by atoms with van der Waals surface area (Å²) in [6.45, 7) is 0. The molecule has 0 fully saturated rings. The first-order valence-electron chi connectivity index (χ1n) is 6.13. The van der Waals surface area contributed by atoms with Crippen molar-refractivity contribution in [2.45, 2.75) is 6.04 Å². The lowest BCUT2D eigenvalue weighted by atomic mass is 9.97. The highest BCUT2D eigenvalue weighted by molar-refractivity contribution is 9.10. The summed E-state index contributed by atoms with van der Waals surface area (Å²) in [5.74, 6) is -2.13. The molecule has 0 bridgehead atoms. The minimum absolute atomic E-state index is 0.120. The zero-order chi connectivity index (χ0) is 15.6. The number of halogens is 4. The van der Waals surface area contributed by atoms with Gasteiger partial charge >= 0.3 is 0 Å². The SMILES string of the molecule is CNC(c1cc(Br)c(F)cc1OC)c1cccc(F)c1F. The van der Waals surface area contributed by atoms with E-state index >= 15 is 0 Å². The molecule has 0 radical (unpaired) electrons. The van der Waals surface area contributed by atoms with Gasteiger partial charge in [-0.05, 0) is 35.1 Å². The van der Waals surface area contributed by atoms with Gasteiger partial charge in [0.15, 0.2) is 11.6 Å². The summed E-state index contributed by atoms with van der Waals surface area (Å²) in [5, 5.41) is 2.89. The molecule has 2 aromatic carbocycles. The lowest BCUT2D eigenvalue weighted by molar-refractivity contribution is 0.400. The molecule has 0 aliphatic carbocycles. The number of methoxy groups -OCH3 is 1. The minimum atomic E-state index is -0.945. The quantitative estimate of drug-likeness (QED) is 0.883. The van der Waals surface area contributed by atoms with Gasteiger partial charge in [-0.1, -0.05) is 12.1 Å². The normalized spacial score (nSPS) is 12.3. The van der Waals surface area contributed by atoms with Crippen molar-refractivity contribution in [3.05, 3.63) is 63.4 Å². The van der Waals surface area contributed by atoms with Crippen LogP contribution in [0.5, 0.6) is 5.75 Å². The van der Waals surface area contributed by atoms with Crippen LogP contribution < -0.4 is 10.1 Å². The summed E-state index contributed by atoms with van der Waals surface area (Å²) in [6.07, 6.45) is 0. The molecule has 0 aromatic heterocycles. The van der Waals surface area contributed by atoms with E-state index in [-0.39, 0.29) is 15.8 Å². The summed E-state index contributed by atoms with van der Waals surface area (Å²) in [4.78, 5) is 0. The Morgan fingerprint density at radius 2 is 1.81 bits per heavy atom. The predicted octanol–water partition coefficient (Wildman–Crippen LogP) is 4.18. The van der Waals surface area contributed by atoms with Crippen LogP contribution in [0.1, 0.15) is 17.2 Å². The van der Waals surface area contributed by atoms with Crippen LogP contribution in [0.4, 0.5) is 13.2 Å². The molecule has 0 amide bonds. The first kappa shape index (κ1) is 15.9. The Labute approximate surface area is 129 Å². The summed E-state index contributed by atoms with van der Waals surface area (Å²) >= 11 is 3.09. The molecule has 1 atom stereocenters. The van der Waals surface area contributed by atoms with Crippen molar-refractivity contribution in [1.82, 2.24) is 5.32 Å². The van der Waals surface area contributed by atoms with Gasteiger partial charge in [0.25, 0.3) is 0 Å². The lowest BCUT2D eigenvalue weighted by Crippen LogP contribution is -2.20. The number of hydrogen-bond acceptors (Lipinski definition) is 2. The molecule has 0 saturated heterocycles. The second-order valence-electron chi connectivity index (χ2n) is 4.37. The average molecular weight is 360 g/mol. The van der Waals surface area contributed by atoms with Crippen LogP contribution in [0.25, 0.3) is 0 Å². The fourth-order valence-electron chi connectivity index (χ4n) is 2.17. The number of benzene rings is 2. The van der Waals surface area contributed by atoms with Gasteiger partial charge in [0, 0.05) is 17.2 Å². The van der Waals surface area contributed by atoms with Crippen molar-refractivity contribution in [3.8, 4) is 5.75 Å². The van der Waals surface area contributed by atoms with E-state index in [0.717, 1.165) is 6.07 Å². The largest absolute Gasteiger partial charge is 0.496 e. The maximum absolute atomic E-state index is 14.0. The standard InChI is InChI=1S/C15H13BrF3NO/c1-20-15(8-4-3-5-11(17)14(8)19)9-6-10(16)12(18)7-13(9)21-2/h3-7,15,20H,1-2H3. The Morgan fingerprint density at radius 1 is 1.10 bits per heavy atom. The van der Waals surface area contributed by atoms with Crippen LogP contribution >= 0.6 is 15.9 Å². The summed E-state index contributed by atoms with van der Waals surface area (Å²) in [6, 6.07) is 5.94. The first-order chi connectivity index (χ1) is 9.99. The van der Waals surface area contributed by atoms with E-state index in [1.807, 2.05) is 0 Å². The summed E-state index contributed by atoms with van der Waals surface area (Å²) in [7, 11) is 2.99. The van der Waals surface area contributed by atoms with Gasteiger partial charge in [-0.2, -0.15) is 0 Å². The van der Waals surface area contributed by atoms with E-state index in [1.165, 1.54) is 31.4 Å². The number of hydrogen-bond donors (Lipinski definition) is 1. The smallest absolute Gasteiger partial charge is 0.163 e. The number of rotatable bonds is 4. The molecule has 2 nitrogen and oxygen atoms in total. The second-order valence-corrected chi connectivity index (χ2v) is 5.23. The zero-order valence-corrected chi connectivity index (χ0v) is 13.0. The maximum Gasteiger partial charge on any atom is 0.163 e.